The molecule has 1 rings (SSSR count). The SMILES string of the molecule is N#C[C@H](C(CCC(=O)O)CCC(=O)O)S(=O)(=O)c1ccccc1. The highest BCUT2D eigenvalue weighted by molar-refractivity contribution is 7.92. The number of hydrogen-bond acceptors (Lipinski definition) is 5. The van der Waals surface area contributed by atoms with Gasteiger partial charge in [0.15, 0.2) is 15.1 Å². The summed E-state index contributed by atoms with van der Waals surface area (Å²) in [5.74, 6) is -3.12. The van der Waals surface area contributed by atoms with Crippen molar-refractivity contribution >= 4 is 21.8 Å². The molecule has 8 heteroatoms. The van der Waals surface area contributed by atoms with Crippen LogP contribution in [0.3, 0.4) is 0 Å². The quantitative estimate of drug-likeness (QED) is 0.699. The van der Waals surface area contributed by atoms with Gasteiger partial charge in [0, 0.05) is 12.8 Å². The molecule has 0 aliphatic rings. The molecule has 7 nitrogen and oxygen atoms in total. The van der Waals surface area contributed by atoms with Crippen LogP contribution >= 0.6 is 0 Å². The van der Waals surface area contributed by atoms with Gasteiger partial charge in [0.25, 0.3) is 0 Å². The number of nitrogens with zero attached hydrogens (tertiary/aromatic N) is 1. The summed E-state index contributed by atoms with van der Waals surface area (Å²) in [7, 11) is -3.99. The zero-order valence-corrected chi connectivity index (χ0v) is 13.1. The van der Waals surface area contributed by atoms with E-state index in [0.29, 0.717) is 0 Å². The number of sulfone groups is 1. The van der Waals surface area contributed by atoms with E-state index < -0.39 is 32.9 Å². The van der Waals surface area contributed by atoms with Crippen LogP contribution in [0.15, 0.2) is 35.2 Å². The van der Waals surface area contributed by atoms with Crippen LogP contribution < -0.4 is 0 Å². The molecular formula is C15H17NO6S. The molecule has 0 aliphatic carbocycles. The van der Waals surface area contributed by atoms with Crippen molar-refractivity contribution in [3.8, 4) is 6.07 Å². The van der Waals surface area contributed by atoms with Crippen molar-refractivity contribution in [1.29, 1.82) is 5.26 Å². The molecule has 1 aromatic rings. The van der Waals surface area contributed by atoms with E-state index in [1.54, 1.807) is 12.1 Å². The minimum Gasteiger partial charge on any atom is -0.481 e. The molecule has 1 atom stereocenters. The van der Waals surface area contributed by atoms with Gasteiger partial charge in [-0.25, -0.2) is 8.42 Å². The van der Waals surface area contributed by atoms with Gasteiger partial charge in [0.05, 0.1) is 11.0 Å². The van der Waals surface area contributed by atoms with Crippen molar-refractivity contribution < 1.29 is 28.2 Å². The summed E-state index contributed by atoms with van der Waals surface area (Å²) in [5.41, 5.74) is 0. The lowest BCUT2D eigenvalue weighted by atomic mass is 9.94. The zero-order valence-electron chi connectivity index (χ0n) is 12.3. The molecule has 0 saturated carbocycles. The lowest BCUT2D eigenvalue weighted by Gasteiger charge is -2.21. The number of benzene rings is 1. The summed E-state index contributed by atoms with van der Waals surface area (Å²) in [6.45, 7) is 0. The lowest BCUT2D eigenvalue weighted by Crippen LogP contribution is -2.30. The second kappa shape index (κ2) is 8.29. The van der Waals surface area contributed by atoms with E-state index in [1.165, 1.54) is 24.3 Å². The first-order valence-electron chi connectivity index (χ1n) is 6.91. The Labute approximate surface area is 134 Å². The third-order valence-corrected chi connectivity index (χ3v) is 5.51. The second-order valence-electron chi connectivity index (χ2n) is 5.03. The van der Waals surface area contributed by atoms with Gasteiger partial charge >= 0.3 is 11.9 Å². The standard InChI is InChI=1S/C15H17NO6S/c16-10-13(23(21,22)12-4-2-1-3-5-12)11(6-8-14(17)18)7-9-15(19)20/h1-5,11,13H,6-9H2,(H,17,18)(H,19,20)/t13-/m1/s1. The molecule has 0 fully saturated rings. The average molecular weight is 339 g/mol. The molecule has 2 N–H and O–H groups in total. The van der Waals surface area contributed by atoms with Gasteiger partial charge in [0.1, 0.15) is 0 Å². The molecular weight excluding hydrogens is 322 g/mol. The number of carboxylic acids is 2. The third-order valence-electron chi connectivity index (χ3n) is 3.42. The maximum atomic E-state index is 12.6. The van der Waals surface area contributed by atoms with Crippen molar-refractivity contribution in [3.05, 3.63) is 30.3 Å². The van der Waals surface area contributed by atoms with Crippen LogP contribution in [0, 0.1) is 17.2 Å². The summed E-state index contributed by atoms with van der Waals surface area (Å²) in [4.78, 5) is 21.4. The Morgan fingerprint density at radius 3 is 1.91 bits per heavy atom. The minimum atomic E-state index is -3.99. The number of carbonyl (C=O) groups is 2. The molecule has 124 valence electrons. The predicted octanol–water partition coefficient (Wildman–Crippen LogP) is 1.70. The van der Waals surface area contributed by atoms with E-state index >= 15 is 0 Å². The molecule has 0 unspecified atom stereocenters. The summed E-state index contributed by atoms with van der Waals surface area (Å²) in [6, 6.07) is 9.09. The predicted molar refractivity (Wildman–Crippen MR) is 80.3 cm³/mol. The highest BCUT2D eigenvalue weighted by Gasteiger charge is 2.35. The molecule has 0 radical (unpaired) electrons. The summed E-state index contributed by atoms with van der Waals surface area (Å²) >= 11 is 0. The molecule has 0 aliphatic heterocycles. The van der Waals surface area contributed by atoms with Crippen molar-refractivity contribution in [3.63, 3.8) is 0 Å². The molecule has 23 heavy (non-hydrogen) atoms. The third kappa shape index (κ3) is 5.38. The fourth-order valence-electron chi connectivity index (χ4n) is 2.25. The average Bonchev–Trinajstić information content (AvgIpc) is 2.50. The van der Waals surface area contributed by atoms with Crippen LogP contribution in [0.25, 0.3) is 0 Å². The van der Waals surface area contributed by atoms with Gasteiger partial charge in [-0.1, -0.05) is 18.2 Å². The van der Waals surface area contributed by atoms with Gasteiger partial charge in [0.2, 0.25) is 0 Å². The summed E-state index contributed by atoms with van der Waals surface area (Å²) in [6.07, 6.45) is -0.806. The van der Waals surface area contributed by atoms with E-state index in [0.717, 1.165) is 0 Å². The summed E-state index contributed by atoms with van der Waals surface area (Å²) < 4.78 is 25.2. The van der Waals surface area contributed by atoms with Crippen molar-refractivity contribution in [2.75, 3.05) is 0 Å². The first-order valence-corrected chi connectivity index (χ1v) is 8.45. The van der Waals surface area contributed by atoms with Crippen LogP contribution in [0.5, 0.6) is 0 Å². The molecule has 0 amide bonds. The highest BCUT2D eigenvalue weighted by Crippen LogP contribution is 2.27. The zero-order chi connectivity index (χ0) is 17.5. The van der Waals surface area contributed by atoms with Crippen molar-refractivity contribution in [1.82, 2.24) is 0 Å². The first kappa shape index (κ1) is 18.6. The van der Waals surface area contributed by atoms with Gasteiger partial charge in [-0.15, -0.1) is 0 Å². The first-order chi connectivity index (χ1) is 10.8. The Hall–Kier alpha value is -2.40. The number of aliphatic carboxylic acids is 2. The number of carboxylic acid groups (broad SMARTS) is 2. The van der Waals surface area contributed by atoms with E-state index in [9.17, 15) is 23.3 Å². The van der Waals surface area contributed by atoms with Crippen molar-refractivity contribution in [2.24, 2.45) is 5.92 Å². The Balaban J connectivity index is 3.10. The molecule has 0 bridgehead atoms. The fourth-order valence-corrected chi connectivity index (χ4v) is 4.00. The summed E-state index contributed by atoms with van der Waals surface area (Å²) in [5, 5.41) is 25.3. The van der Waals surface area contributed by atoms with Crippen LogP contribution in [-0.4, -0.2) is 35.8 Å². The number of rotatable bonds is 9. The Bertz CT molecular complexity index is 674. The lowest BCUT2D eigenvalue weighted by molar-refractivity contribution is -0.137. The Kier molecular flexibility index (Phi) is 6.72. The highest BCUT2D eigenvalue weighted by atomic mass is 32.2. The monoisotopic (exact) mass is 339 g/mol. The van der Waals surface area contributed by atoms with Gasteiger partial charge in [-0.2, -0.15) is 5.26 Å². The molecule has 0 spiro atoms. The Morgan fingerprint density at radius 1 is 1.04 bits per heavy atom. The van der Waals surface area contributed by atoms with E-state index in [-0.39, 0.29) is 30.6 Å². The van der Waals surface area contributed by atoms with Gasteiger partial charge in [-0.05, 0) is 30.9 Å². The van der Waals surface area contributed by atoms with Crippen molar-refractivity contribution in [2.45, 2.75) is 35.8 Å². The fraction of sp³-hybridized carbons (Fsp3) is 0.400. The number of hydrogen-bond donors (Lipinski definition) is 2. The molecule has 0 heterocycles. The topological polar surface area (TPSA) is 133 Å². The smallest absolute Gasteiger partial charge is 0.303 e. The Morgan fingerprint density at radius 2 is 1.52 bits per heavy atom. The number of nitriles is 1. The normalized spacial score (nSPS) is 12.5. The molecule has 0 saturated heterocycles. The maximum Gasteiger partial charge on any atom is 0.303 e. The largest absolute Gasteiger partial charge is 0.481 e. The van der Waals surface area contributed by atoms with E-state index in [4.69, 9.17) is 10.2 Å². The van der Waals surface area contributed by atoms with Crippen LogP contribution in [0.4, 0.5) is 0 Å². The van der Waals surface area contributed by atoms with Crippen LogP contribution in [0.2, 0.25) is 0 Å². The molecule has 0 aromatic heterocycles. The van der Waals surface area contributed by atoms with Crippen LogP contribution in [0.1, 0.15) is 25.7 Å². The van der Waals surface area contributed by atoms with E-state index in [2.05, 4.69) is 0 Å². The van der Waals surface area contributed by atoms with Gasteiger partial charge < -0.3 is 10.2 Å². The van der Waals surface area contributed by atoms with Gasteiger partial charge in [-0.3, -0.25) is 9.59 Å². The van der Waals surface area contributed by atoms with Crippen LogP contribution in [-0.2, 0) is 19.4 Å². The maximum absolute atomic E-state index is 12.6. The second-order valence-corrected chi connectivity index (χ2v) is 7.10. The molecule has 1 aromatic carbocycles. The minimum absolute atomic E-state index is 0.0396. The van der Waals surface area contributed by atoms with E-state index in [1.807, 2.05) is 0 Å².